The van der Waals surface area contributed by atoms with Crippen molar-refractivity contribution in [1.82, 2.24) is 5.32 Å². The molecular weight excluding hydrogens is 430 g/mol. The highest BCUT2D eigenvalue weighted by Gasteiger charge is 2.63. The van der Waals surface area contributed by atoms with Crippen molar-refractivity contribution in [1.29, 1.82) is 0 Å². The van der Waals surface area contributed by atoms with Crippen molar-refractivity contribution >= 4 is 5.97 Å². The summed E-state index contributed by atoms with van der Waals surface area (Å²) >= 11 is 0. The molecule has 8 atom stereocenters. The quantitative estimate of drug-likeness (QED) is 0.246. The van der Waals surface area contributed by atoms with Crippen LogP contribution in [0.3, 0.4) is 0 Å². The van der Waals surface area contributed by atoms with Gasteiger partial charge in [-0.25, -0.2) is 0 Å². The molecule has 1 saturated heterocycles. The molecule has 35 heavy (non-hydrogen) atoms. The number of ether oxygens (including phenoxy) is 1. The molecule has 5 rings (SSSR count). The van der Waals surface area contributed by atoms with Gasteiger partial charge in [-0.15, -0.1) is 0 Å². The first-order valence-corrected chi connectivity index (χ1v) is 14.8. The van der Waals surface area contributed by atoms with Crippen LogP contribution in [0.2, 0.25) is 0 Å². The van der Waals surface area contributed by atoms with Crippen LogP contribution in [0, 0.1) is 39.4 Å². The maximum atomic E-state index is 11.8. The van der Waals surface area contributed by atoms with Gasteiger partial charge in [0, 0.05) is 23.9 Å². The summed E-state index contributed by atoms with van der Waals surface area (Å²) in [5, 5.41) is 3.68. The van der Waals surface area contributed by atoms with Crippen LogP contribution < -0.4 is 5.32 Å². The lowest BCUT2D eigenvalue weighted by Gasteiger charge is -2.62. The first-order valence-electron chi connectivity index (χ1n) is 14.8. The predicted octanol–water partition coefficient (Wildman–Crippen LogP) is 7.83. The molecule has 198 valence electrons. The lowest BCUT2D eigenvalue weighted by molar-refractivity contribution is -0.167. The van der Waals surface area contributed by atoms with Crippen molar-refractivity contribution in [2.45, 2.75) is 144 Å². The van der Waals surface area contributed by atoms with E-state index in [1.807, 2.05) is 11.1 Å². The summed E-state index contributed by atoms with van der Waals surface area (Å²) in [6.07, 6.45) is 12.9. The van der Waals surface area contributed by atoms with Gasteiger partial charge in [-0.05, 0) is 112 Å². The predicted molar refractivity (Wildman–Crippen MR) is 144 cm³/mol. The van der Waals surface area contributed by atoms with Gasteiger partial charge in [-0.1, -0.05) is 52.7 Å². The molecule has 0 radical (unpaired) electrons. The van der Waals surface area contributed by atoms with Crippen LogP contribution in [0.5, 0.6) is 0 Å². The van der Waals surface area contributed by atoms with Crippen molar-refractivity contribution < 1.29 is 9.53 Å². The Morgan fingerprint density at radius 3 is 2.29 bits per heavy atom. The van der Waals surface area contributed by atoms with E-state index in [1.54, 1.807) is 6.92 Å². The van der Waals surface area contributed by atoms with Crippen LogP contribution in [0.4, 0.5) is 0 Å². The second-order valence-electron chi connectivity index (χ2n) is 15.3. The Kier molecular flexibility index (Phi) is 5.96. The Morgan fingerprint density at radius 1 is 0.971 bits per heavy atom. The molecule has 0 spiro atoms. The second-order valence-corrected chi connectivity index (χ2v) is 15.3. The first-order chi connectivity index (χ1) is 16.2. The van der Waals surface area contributed by atoms with Gasteiger partial charge in [0.15, 0.2) is 0 Å². The van der Waals surface area contributed by atoms with Gasteiger partial charge in [-0.2, -0.15) is 0 Å². The summed E-state index contributed by atoms with van der Waals surface area (Å²) in [5.74, 6) is 2.15. The molecule has 0 bridgehead atoms. The molecule has 3 nitrogen and oxygen atoms in total. The number of carbonyl (C=O) groups excluding carboxylic acids is 1. The maximum absolute atomic E-state index is 11.8. The highest BCUT2D eigenvalue weighted by molar-refractivity contribution is 5.66. The van der Waals surface area contributed by atoms with Crippen LogP contribution >= 0.6 is 0 Å². The first kappa shape index (κ1) is 25.8. The van der Waals surface area contributed by atoms with E-state index in [1.165, 1.54) is 57.8 Å². The Bertz CT molecular complexity index is 917. The lowest BCUT2D eigenvalue weighted by Crippen LogP contribution is -2.55. The molecule has 1 aliphatic heterocycles. The Labute approximate surface area is 215 Å². The monoisotopic (exact) mass is 483 g/mol. The topological polar surface area (TPSA) is 48.2 Å². The summed E-state index contributed by atoms with van der Waals surface area (Å²) in [6, 6.07) is 0.729. The molecule has 5 aliphatic rings. The summed E-state index contributed by atoms with van der Waals surface area (Å²) < 4.78 is 5.88. The fraction of sp³-hybridized carbons (Fsp3) is 0.906. The fourth-order valence-corrected chi connectivity index (χ4v) is 10.5. The summed E-state index contributed by atoms with van der Waals surface area (Å²) in [7, 11) is 0. The van der Waals surface area contributed by atoms with Gasteiger partial charge in [0.2, 0.25) is 0 Å². The van der Waals surface area contributed by atoms with Gasteiger partial charge < -0.3 is 10.1 Å². The smallest absolute Gasteiger partial charge is 0.302 e. The van der Waals surface area contributed by atoms with E-state index in [2.05, 4.69) is 60.7 Å². The fourth-order valence-electron chi connectivity index (χ4n) is 10.5. The summed E-state index contributed by atoms with van der Waals surface area (Å²) in [4.78, 5) is 11.8. The minimum absolute atomic E-state index is 0.0379. The minimum atomic E-state index is -0.115. The third-order valence-corrected chi connectivity index (χ3v) is 13.0. The average Bonchev–Trinajstić information content (AvgIpc) is 3.26. The van der Waals surface area contributed by atoms with Crippen LogP contribution in [-0.4, -0.2) is 23.7 Å². The van der Waals surface area contributed by atoms with Crippen LogP contribution in [0.1, 0.15) is 127 Å². The zero-order chi connectivity index (χ0) is 25.6. The van der Waals surface area contributed by atoms with Gasteiger partial charge in [0.25, 0.3) is 0 Å². The molecule has 0 amide bonds. The molecule has 0 aromatic rings. The zero-order valence-corrected chi connectivity index (χ0v) is 24.3. The molecular formula is C32H53NO2. The van der Waals surface area contributed by atoms with Crippen molar-refractivity contribution in [3.63, 3.8) is 0 Å². The van der Waals surface area contributed by atoms with Crippen LogP contribution in [0.15, 0.2) is 11.1 Å². The van der Waals surface area contributed by atoms with Crippen molar-refractivity contribution in [2.24, 2.45) is 39.4 Å². The van der Waals surface area contributed by atoms with Crippen LogP contribution in [-0.2, 0) is 9.53 Å². The summed E-state index contributed by atoms with van der Waals surface area (Å²) in [5.41, 5.74) is 5.18. The highest BCUT2D eigenvalue weighted by Crippen LogP contribution is 2.72. The van der Waals surface area contributed by atoms with E-state index in [9.17, 15) is 4.79 Å². The number of hydrogen-bond acceptors (Lipinski definition) is 3. The SMILES string of the molecule is CC(=O)O[C@@H]1CC[C@]2(C)C3=C(CC[C@@H]2C1(C)C)[C@]1(C)CC[C@H]([C@H](C)CC[C@H]2NC2(C)C)[C@]1(C)CC3. The average molecular weight is 484 g/mol. The highest BCUT2D eigenvalue weighted by atomic mass is 16.5. The molecule has 4 aliphatic carbocycles. The number of nitrogens with one attached hydrogen (secondary N) is 1. The molecule has 0 unspecified atom stereocenters. The molecule has 0 aromatic heterocycles. The Balaban J connectivity index is 1.40. The Morgan fingerprint density at radius 2 is 1.66 bits per heavy atom. The zero-order valence-electron chi connectivity index (χ0n) is 24.3. The van der Waals surface area contributed by atoms with E-state index in [0.29, 0.717) is 22.3 Å². The molecule has 1 heterocycles. The molecule has 1 N–H and O–H groups in total. The second kappa shape index (κ2) is 8.08. The number of rotatable bonds is 5. The number of carbonyl (C=O) groups is 1. The van der Waals surface area contributed by atoms with E-state index < -0.39 is 0 Å². The summed E-state index contributed by atoms with van der Waals surface area (Å²) in [6.45, 7) is 21.5. The van der Waals surface area contributed by atoms with Crippen molar-refractivity contribution in [2.75, 3.05) is 0 Å². The third kappa shape index (κ3) is 3.71. The molecule has 2 saturated carbocycles. The van der Waals surface area contributed by atoms with E-state index in [0.717, 1.165) is 24.3 Å². The Hall–Kier alpha value is -0.830. The third-order valence-electron chi connectivity index (χ3n) is 13.0. The number of esters is 1. The molecule has 0 aromatic carbocycles. The number of hydrogen-bond donors (Lipinski definition) is 1. The number of fused-ring (bicyclic) bond motifs is 4. The lowest BCUT2D eigenvalue weighted by atomic mass is 9.43. The van der Waals surface area contributed by atoms with Gasteiger partial charge in [-0.3, -0.25) is 4.79 Å². The van der Waals surface area contributed by atoms with Gasteiger partial charge in [0.05, 0.1) is 0 Å². The largest absolute Gasteiger partial charge is 0.462 e. The molecule has 3 fully saturated rings. The van der Waals surface area contributed by atoms with Gasteiger partial charge in [0.1, 0.15) is 6.10 Å². The number of allylic oxidation sites excluding steroid dienone is 2. The van der Waals surface area contributed by atoms with Crippen molar-refractivity contribution in [3.8, 4) is 0 Å². The normalized spacial score (nSPS) is 46.3. The van der Waals surface area contributed by atoms with E-state index in [-0.39, 0.29) is 22.9 Å². The van der Waals surface area contributed by atoms with E-state index >= 15 is 0 Å². The maximum Gasteiger partial charge on any atom is 0.302 e. The minimum Gasteiger partial charge on any atom is -0.462 e. The van der Waals surface area contributed by atoms with Crippen molar-refractivity contribution in [3.05, 3.63) is 11.1 Å². The standard InChI is InChI=1S/C32H53NO2/c1-20(10-13-26-29(5,6)33-26)22-14-18-32(9)24-11-12-25-28(3,4)27(35-21(2)34)16-17-30(25,7)23(24)15-19-31(22,32)8/h20,22,25-27,33H,10-19H2,1-9H3/t20-,22-,25-,26-,27-,30-,31+,32+/m1/s1. The molecule has 3 heteroatoms. The van der Waals surface area contributed by atoms with Gasteiger partial charge >= 0.3 is 5.97 Å². The van der Waals surface area contributed by atoms with Crippen LogP contribution in [0.25, 0.3) is 0 Å². The van der Waals surface area contributed by atoms with E-state index in [4.69, 9.17) is 4.74 Å².